The van der Waals surface area contributed by atoms with Crippen LogP contribution in [0.15, 0.2) is 11.3 Å². The Hall–Kier alpha value is -2.62. The first-order valence-electron chi connectivity index (χ1n) is 8.58. The van der Waals surface area contributed by atoms with Crippen molar-refractivity contribution in [1.29, 1.82) is 0 Å². The van der Waals surface area contributed by atoms with Crippen molar-refractivity contribution in [3.8, 4) is 0 Å². The van der Waals surface area contributed by atoms with E-state index in [2.05, 4.69) is 4.74 Å². The number of ether oxygens (including phenoxy) is 4. The molecule has 2 aliphatic rings. The Bertz CT molecular complexity index is 726. The Morgan fingerprint density at radius 2 is 1.39 bits per heavy atom. The zero-order chi connectivity index (χ0) is 21.4. The molecule has 0 heterocycles. The lowest BCUT2D eigenvalue weighted by molar-refractivity contribution is -0.212. The van der Waals surface area contributed by atoms with Crippen LogP contribution in [0.3, 0.4) is 0 Å². The van der Waals surface area contributed by atoms with Gasteiger partial charge in [0.1, 0.15) is 17.3 Å². The third-order valence-corrected chi connectivity index (χ3v) is 5.73. The summed E-state index contributed by atoms with van der Waals surface area (Å²) in [7, 11) is 4.26. The van der Waals surface area contributed by atoms with Gasteiger partial charge in [-0.1, -0.05) is 6.92 Å². The number of fused-ring (bicyclic) bond motifs is 2. The minimum atomic E-state index is -2.43. The first-order chi connectivity index (χ1) is 13.1. The molecule has 1 saturated carbocycles. The van der Waals surface area contributed by atoms with Gasteiger partial charge in [-0.05, 0) is 12.3 Å². The lowest BCUT2D eigenvalue weighted by Crippen LogP contribution is -2.68. The zero-order valence-corrected chi connectivity index (χ0v) is 16.3. The molecule has 0 aromatic carbocycles. The Balaban J connectivity index is 2.89. The molecule has 1 fully saturated rings. The fourth-order valence-electron chi connectivity index (χ4n) is 4.66. The second-order valence-corrected chi connectivity index (χ2v) is 6.96. The fourth-order valence-corrected chi connectivity index (χ4v) is 4.66. The predicted molar refractivity (Wildman–Crippen MR) is 90.4 cm³/mol. The van der Waals surface area contributed by atoms with Crippen LogP contribution in [0.5, 0.6) is 0 Å². The van der Waals surface area contributed by atoms with E-state index in [0.29, 0.717) is 0 Å². The highest BCUT2D eigenvalue weighted by Gasteiger charge is 2.70. The van der Waals surface area contributed by atoms with Crippen LogP contribution in [0.25, 0.3) is 0 Å². The summed E-state index contributed by atoms with van der Waals surface area (Å²) in [5, 5.41) is 22.4. The van der Waals surface area contributed by atoms with Gasteiger partial charge in [0, 0.05) is 5.92 Å². The Kier molecular flexibility index (Phi) is 6.03. The van der Waals surface area contributed by atoms with Crippen LogP contribution in [0, 0.1) is 29.6 Å². The summed E-state index contributed by atoms with van der Waals surface area (Å²) >= 11 is 0. The molecule has 10 heteroatoms. The molecular weight excluding hydrogens is 376 g/mol. The van der Waals surface area contributed by atoms with Gasteiger partial charge in [-0.2, -0.15) is 0 Å². The molecule has 0 saturated heterocycles. The summed E-state index contributed by atoms with van der Waals surface area (Å²) in [4.78, 5) is 50.0. The van der Waals surface area contributed by atoms with E-state index in [1.807, 2.05) is 0 Å². The highest BCUT2D eigenvalue weighted by Crippen LogP contribution is 2.57. The van der Waals surface area contributed by atoms with Crippen molar-refractivity contribution in [2.45, 2.75) is 18.9 Å². The molecule has 156 valence electrons. The van der Waals surface area contributed by atoms with E-state index in [4.69, 9.17) is 14.2 Å². The number of carbonyl (C=O) groups excluding carboxylic acids is 4. The summed E-state index contributed by atoms with van der Waals surface area (Å²) in [6.45, 7) is 1.61. The minimum Gasteiger partial charge on any atom is -0.511 e. The van der Waals surface area contributed by atoms with Crippen LogP contribution in [0.2, 0.25) is 0 Å². The van der Waals surface area contributed by atoms with Gasteiger partial charge < -0.3 is 29.2 Å². The molecule has 10 nitrogen and oxygen atoms in total. The highest BCUT2D eigenvalue weighted by molar-refractivity contribution is 5.95. The van der Waals surface area contributed by atoms with Crippen molar-refractivity contribution in [2.24, 2.45) is 29.6 Å². The van der Waals surface area contributed by atoms with E-state index in [1.165, 1.54) is 0 Å². The number of methoxy groups -OCH3 is 4. The Labute approximate surface area is 161 Å². The summed E-state index contributed by atoms with van der Waals surface area (Å²) in [5.74, 6) is -11.1. The largest absolute Gasteiger partial charge is 0.511 e. The Morgan fingerprint density at radius 3 is 1.86 bits per heavy atom. The van der Waals surface area contributed by atoms with Crippen LogP contribution >= 0.6 is 0 Å². The van der Waals surface area contributed by atoms with Crippen LogP contribution in [-0.2, 0) is 38.1 Å². The van der Waals surface area contributed by atoms with Crippen molar-refractivity contribution in [1.82, 2.24) is 0 Å². The molecule has 2 bridgehead atoms. The van der Waals surface area contributed by atoms with Crippen LogP contribution in [0.4, 0.5) is 0 Å². The second-order valence-electron chi connectivity index (χ2n) is 6.96. The van der Waals surface area contributed by atoms with E-state index in [9.17, 15) is 29.4 Å². The van der Waals surface area contributed by atoms with Gasteiger partial charge in [0.15, 0.2) is 0 Å². The standard InChI is InChI=1S/C18H24O10/c1-7-6-8-9(14(20)25-2)13(19)12(17(23)28-5)18(24,10(7)15(21)26-3)11(8)16(22)27-4/h7-8,10-12,19,24H,6H2,1-5H3/t7?,8-,10+,11+,12+,18+/m0/s1. The van der Waals surface area contributed by atoms with Crippen LogP contribution in [0.1, 0.15) is 13.3 Å². The lowest BCUT2D eigenvalue weighted by atomic mass is 9.50. The quantitative estimate of drug-likeness (QED) is 0.478. The van der Waals surface area contributed by atoms with E-state index < -0.39 is 64.8 Å². The van der Waals surface area contributed by atoms with Crippen LogP contribution < -0.4 is 0 Å². The van der Waals surface area contributed by atoms with Gasteiger partial charge in [-0.25, -0.2) is 4.79 Å². The minimum absolute atomic E-state index is 0.0598. The van der Waals surface area contributed by atoms with Gasteiger partial charge in [0.05, 0.1) is 45.8 Å². The molecule has 6 atom stereocenters. The summed E-state index contributed by atoms with van der Waals surface area (Å²) in [5.41, 5.74) is -2.76. The molecular formula is C18H24O10. The average molecular weight is 400 g/mol. The maximum absolute atomic E-state index is 12.6. The molecule has 0 amide bonds. The molecule has 1 unspecified atom stereocenters. The number of aliphatic hydroxyl groups excluding tert-OH is 1. The average Bonchev–Trinajstić information content (AvgIpc) is 2.65. The number of aliphatic hydroxyl groups is 2. The first kappa shape index (κ1) is 21.7. The molecule has 0 aromatic heterocycles. The SMILES string of the molecule is COC(=O)C1=C(O)[C@H](C(=O)OC)[C@@]2(O)[C@@H](C(=O)OC)C(C)C[C@@H]1[C@@H]2C(=O)OC. The van der Waals surface area contributed by atoms with Crippen molar-refractivity contribution < 1.29 is 48.3 Å². The molecule has 0 aliphatic heterocycles. The van der Waals surface area contributed by atoms with E-state index in [0.717, 1.165) is 28.4 Å². The monoisotopic (exact) mass is 400 g/mol. The topological polar surface area (TPSA) is 146 Å². The molecule has 0 aromatic rings. The van der Waals surface area contributed by atoms with Gasteiger partial charge in [0.2, 0.25) is 0 Å². The zero-order valence-electron chi connectivity index (χ0n) is 16.3. The van der Waals surface area contributed by atoms with E-state index in [1.54, 1.807) is 6.92 Å². The molecule has 28 heavy (non-hydrogen) atoms. The van der Waals surface area contributed by atoms with Crippen molar-refractivity contribution in [3.05, 3.63) is 11.3 Å². The van der Waals surface area contributed by atoms with E-state index >= 15 is 0 Å². The lowest BCUT2D eigenvalue weighted by Gasteiger charge is -2.54. The number of esters is 4. The predicted octanol–water partition coefficient (Wildman–Crippen LogP) is -0.260. The summed E-state index contributed by atoms with van der Waals surface area (Å²) < 4.78 is 19.0. The maximum Gasteiger partial charge on any atom is 0.337 e. The smallest absolute Gasteiger partial charge is 0.337 e. The second kappa shape index (κ2) is 7.78. The van der Waals surface area contributed by atoms with Crippen molar-refractivity contribution in [3.63, 3.8) is 0 Å². The molecule has 2 aliphatic carbocycles. The number of hydrogen-bond donors (Lipinski definition) is 2. The van der Waals surface area contributed by atoms with Crippen molar-refractivity contribution in [2.75, 3.05) is 28.4 Å². The first-order valence-corrected chi connectivity index (χ1v) is 8.58. The molecule has 0 radical (unpaired) electrons. The molecule has 2 rings (SSSR count). The fraction of sp³-hybridized carbons (Fsp3) is 0.667. The number of rotatable bonds is 4. The van der Waals surface area contributed by atoms with Gasteiger partial charge >= 0.3 is 23.9 Å². The number of carbonyl (C=O) groups is 4. The van der Waals surface area contributed by atoms with Crippen molar-refractivity contribution >= 4 is 23.9 Å². The third-order valence-electron chi connectivity index (χ3n) is 5.73. The van der Waals surface area contributed by atoms with Gasteiger partial charge in [-0.3, -0.25) is 14.4 Å². The summed E-state index contributed by atoms with van der Waals surface area (Å²) in [6, 6.07) is 0. The van der Waals surface area contributed by atoms with Crippen LogP contribution in [-0.4, -0.2) is 68.1 Å². The molecule has 0 spiro atoms. The van der Waals surface area contributed by atoms with E-state index in [-0.39, 0.29) is 12.0 Å². The normalized spacial score (nSPS) is 34.3. The Morgan fingerprint density at radius 1 is 0.893 bits per heavy atom. The summed E-state index contributed by atoms with van der Waals surface area (Å²) in [6.07, 6.45) is 0.0598. The van der Waals surface area contributed by atoms with Gasteiger partial charge in [-0.15, -0.1) is 0 Å². The number of hydrogen-bond acceptors (Lipinski definition) is 10. The van der Waals surface area contributed by atoms with Gasteiger partial charge in [0.25, 0.3) is 0 Å². The maximum atomic E-state index is 12.6. The third kappa shape index (κ3) is 2.92. The molecule has 2 N–H and O–H groups in total. The highest BCUT2D eigenvalue weighted by atomic mass is 16.5.